The molecule has 0 bridgehead atoms. The first-order valence-electron chi connectivity index (χ1n) is 7.25. The number of nitrogens with zero attached hydrogens (tertiary/aromatic N) is 1. The van der Waals surface area contributed by atoms with E-state index in [1.165, 1.54) is 6.07 Å². The first kappa shape index (κ1) is 17.4. The quantitative estimate of drug-likeness (QED) is 0.408. The largest absolute Gasteiger partial charge is 0.484 e. The number of nitro groups is 1. The van der Waals surface area contributed by atoms with Gasteiger partial charge in [-0.2, -0.15) is 0 Å². The average molecular weight is 296 g/mol. The van der Waals surface area contributed by atoms with Crippen LogP contribution in [0.25, 0.3) is 0 Å². The van der Waals surface area contributed by atoms with E-state index in [2.05, 4.69) is 5.32 Å². The van der Waals surface area contributed by atoms with Gasteiger partial charge in [0, 0.05) is 25.3 Å². The summed E-state index contributed by atoms with van der Waals surface area (Å²) in [4.78, 5) is 10.6. The molecule has 0 unspecified atom stereocenters. The monoisotopic (exact) mass is 296 g/mol. The lowest BCUT2D eigenvalue weighted by Crippen LogP contribution is -2.21. The van der Waals surface area contributed by atoms with Gasteiger partial charge in [0.2, 0.25) is 0 Å². The number of hydrogen-bond donors (Lipinski definition) is 1. The van der Waals surface area contributed by atoms with Gasteiger partial charge in [0.05, 0.1) is 11.5 Å². The van der Waals surface area contributed by atoms with Crippen molar-refractivity contribution in [3.63, 3.8) is 0 Å². The summed E-state index contributed by atoms with van der Waals surface area (Å²) < 4.78 is 10.8. The highest BCUT2D eigenvalue weighted by Gasteiger charge is 2.15. The molecule has 0 spiro atoms. The van der Waals surface area contributed by atoms with Crippen molar-refractivity contribution in [3.05, 3.63) is 33.9 Å². The minimum Gasteiger partial charge on any atom is -0.484 e. The Labute approximate surface area is 125 Å². The Bertz CT molecular complexity index is 449. The molecule has 0 saturated carbocycles. The molecule has 0 aliphatic heterocycles. The van der Waals surface area contributed by atoms with Crippen LogP contribution in [0.5, 0.6) is 5.75 Å². The molecule has 21 heavy (non-hydrogen) atoms. The normalized spacial score (nSPS) is 10.9. The van der Waals surface area contributed by atoms with E-state index in [9.17, 15) is 10.1 Å². The standard InChI is InChI=1S/C15H24N2O4/c1-4-7-20-8-9-21-15-10-13(11-16-12(2)3)5-6-14(15)17(18)19/h5-6,10,12,16H,4,7-9,11H2,1-3H3. The lowest BCUT2D eigenvalue weighted by Gasteiger charge is -2.11. The molecule has 0 radical (unpaired) electrons. The summed E-state index contributed by atoms with van der Waals surface area (Å²) >= 11 is 0. The number of ether oxygens (including phenoxy) is 2. The van der Waals surface area contributed by atoms with Gasteiger partial charge in [-0.25, -0.2) is 0 Å². The zero-order valence-corrected chi connectivity index (χ0v) is 12.9. The number of nitrogens with one attached hydrogen (secondary N) is 1. The Kier molecular flexibility index (Phi) is 7.71. The van der Waals surface area contributed by atoms with Crippen molar-refractivity contribution in [2.24, 2.45) is 0 Å². The molecule has 0 aliphatic rings. The maximum Gasteiger partial charge on any atom is 0.310 e. The third-order valence-corrected chi connectivity index (χ3v) is 2.77. The van der Waals surface area contributed by atoms with Crippen LogP contribution < -0.4 is 10.1 Å². The maximum atomic E-state index is 11.0. The maximum absolute atomic E-state index is 11.0. The molecule has 1 aromatic carbocycles. The lowest BCUT2D eigenvalue weighted by molar-refractivity contribution is -0.385. The minimum absolute atomic E-state index is 0.0150. The van der Waals surface area contributed by atoms with Crippen LogP contribution in [0.3, 0.4) is 0 Å². The van der Waals surface area contributed by atoms with E-state index >= 15 is 0 Å². The lowest BCUT2D eigenvalue weighted by atomic mass is 10.2. The highest BCUT2D eigenvalue weighted by Crippen LogP contribution is 2.28. The number of hydrogen-bond acceptors (Lipinski definition) is 5. The van der Waals surface area contributed by atoms with Crippen molar-refractivity contribution in [3.8, 4) is 5.75 Å². The third-order valence-electron chi connectivity index (χ3n) is 2.77. The molecule has 0 saturated heterocycles. The van der Waals surface area contributed by atoms with Gasteiger partial charge >= 0.3 is 5.69 Å². The SMILES string of the molecule is CCCOCCOc1cc(CNC(C)C)ccc1[N+](=O)[O-]. The number of nitro benzene ring substituents is 1. The Morgan fingerprint density at radius 1 is 1.29 bits per heavy atom. The predicted molar refractivity (Wildman–Crippen MR) is 81.7 cm³/mol. The molecule has 6 heteroatoms. The summed E-state index contributed by atoms with van der Waals surface area (Å²) in [6.07, 6.45) is 0.941. The van der Waals surface area contributed by atoms with Gasteiger partial charge in [-0.3, -0.25) is 10.1 Å². The van der Waals surface area contributed by atoms with Crippen LogP contribution in [-0.2, 0) is 11.3 Å². The molecule has 1 rings (SSSR count). The van der Waals surface area contributed by atoms with Gasteiger partial charge in [-0.05, 0) is 18.1 Å². The van der Waals surface area contributed by atoms with Gasteiger partial charge in [0.15, 0.2) is 5.75 Å². The first-order valence-corrected chi connectivity index (χ1v) is 7.25. The van der Waals surface area contributed by atoms with Crippen LogP contribution >= 0.6 is 0 Å². The van der Waals surface area contributed by atoms with Crippen LogP contribution in [0.1, 0.15) is 32.8 Å². The Morgan fingerprint density at radius 3 is 2.67 bits per heavy atom. The molecule has 1 N–H and O–H groups in total. The smallest absolute Gasteiger partial charge is 0.310 e. The first-order chi connectivity index (χ1) is 10.0. The Balaban J connectivity index is 2.67. The van der Waals surface area contributed by atoms with Gasteiger partial charge < -0.3 is 14.8 Å². The zero-order valence-electron chi connectivity index (χ0n) is 12.9. The summed E-state index contributed by atoms with van der Waals surface area (Å²) in [5.41, 5.74) is 0.942. The molecule has 0 heterocycles. The van der Waals surface area contributed by atoms with E-state index in [0.717, 1.165) is 12.0 Å². The van der Waals surface area contributed by atoms with Gasteiger partial charge in [-0.15, -0.1) is 0 Å². The van der Waals surface area contributed by atoms with Crippen LogP contribution in [0, 0.1) is 10.1 Å². The van der Waals surface area contributed by atoms with E-state index in [-0.39, 0.29) is 5.69 Å². The Morgan fingerprint density at radius 2 is 2.05 bits per heavy atom. The second-order valence-electron chi connectivity index (χ2n) is 5.06. The second-order valence-corrected chi connectivity index (χ2v) is 5.06. The van der Waals surface area contributed by atoms with Crippen molar-refractivity contribution in [2.75, 3.05) is 19.8 Å². The molecule has 0 aliphatic carbocycles. The summed E-state index contributed by atoms with van der Waals surface area (Å²) in [6, 6.07) is 5.30. The molecule has 0 fully saturated rings. The fourth-order valence-electron chi connectivity index (χ4n) is 1.71. The van der Waals surface area contributed by atoms with Crippen molar-refractivity contribution in [1.29, 1.82) is 0 Å². The summed E-state index contributed by atoms with van der Waals surface area (Å²) in [7, 11) is 0. The fraction of sp³-hybridized carbons (Fsp3) is 0.600. The number of rotatable bonds is 10. The van der Waals surface area contributed by atoms with Crippen molar-refractivity contribution < 1.29 is 14.4 Å². The van der Waals surface area contributed by atoms with E-state index in [1.54, 1.807) is 12.1 Å². The summed E-state index contributed by atoms with van der Waals surface area (Å²) in [5.74, 6) is 0.295. The van der Waals surface area contributed by atoms with Gasteiger partial charge in [-0.1, -0.05) is 26.8 Å². The molecular weight excluding hydrogens is 272 g/mol. The van der Waals surface area contributed by atoms with Crippen molar-refractivity contribution >= 4 is 5.69 Å². The van der Waals surface area contributed by atoms with E-state index in [1.807, 2.05) is 20.8 Å². The molecular formula is C15H24N2O4. The van der Waals surface area contributed by atoms with Crippen LogP contribution in [0.4, 0.5) is 5.69 Å². The zero-order chi connectivity index (χ0) is 15.7. The topological polar surface area (TPSA) is 73.6 Å². The van der Waals surface area contributed by atoms with E-state index in [4.69, 9.17) is 9.47 Å². The Hall–Kier alpha value is -1.66. The highest BCUT2D eigenvalue weighted by molar-refractivity contribution is 5.48. The molecule has 0 atom stereocenters. The van der Waals surface area contributed by atoms with Crippen LogP contribution in [0.2, 0.25) is 0 Å². The molecule has 0 amide bonds. The molecule has 1 aromatic rings. The second kappa shape index (κ2) is 9.31. The minimum atomic E-state index is -0.429. The van der Waals surface area contributed by atoms with Crippen molar-refractivity contribution in [1.82, 2.24) is 5.32 Å². The fourth-order valence-corrected chi connectivity index (χ4v) is 1.71. The van der Waals surface area contributed by atoms with E-state index < -0.39 is 4.92 Å². The number of benzene rings is 1. The highest BCUT2D eigenvalue weighted by atomic mass is 16.6. The van der Waals surface area contributed by atoms with Crippen LogP contribution in [-0.4, -0.2) is 30.8 Å². The average Bonchev–Trinajstić information content (AvgIpc) is 2.44. The van der Waals surface area contributed by atoms with Crippen molar-refractivity contribution in [2.45, 2.75) is 39.8 Å². The van der Waals surface area contributed by atoms with Gasteiger partial charge in [0.25, 0.3) is 0 Å². The van der Waals surface area contributed by atoms with E-state index in [0.29, 0.717) is 38.2 Å². The molecule has 118 valence electrons. The molecule has 0 aromatic heterocycles. The van der Waals surface area contributed by atoms with Crippen LogP contribution in [0.15, 0.2) is 18.2 Å². The summed E-state index contributed by atoms with van der Waals surface area (Å²) in [5, 5.41) is 14.3. The van der Waals surface area contributed by atoms with Gasteiger partial charge in [0.1, 0.15) is 6.61 Å². The predicted octanol–water partition coefficient (Wildman–Crippen LogP) is 2.90. The summed E-state index contributed by atoms with van der Waals surface area (Å²) in [6.45, 7) is 8.18. The molecule has 6 nitrogen and oxygen atoms in total. The third kappa shape index (κ3) is 6.55.